The summed E-state index contributed by atoms with van der Waals surface area (Å²) in [5.74, 6) is -0.00828. The number of hydrogen-bond acceptors (Lipinski definition) is 4. The van der Waals surface area contributed by atoms with E-state index >= 15 is 0 Å². The van der Waals surface area contributed by atoms with Crippen LogP contribution in [0.25, 0.3) is 0 Å². The summed E-state index contributed by atoms with van der Waals surface area (Å²) in [5, 5.41) is 4.27. The molecular weight excluding hydrogens is 330 g/mol. The number of hydrogen-bond donors (Lipinski definition) is 1. The molecule has 0 spiro atoms. The van der Waals surface area contributed by atoms with Crippen LogP contribution in [-0.4, -0.2) is 46.1 Å². The Labute approximate surface area is 152 Å². The number of aromatic nitrogens is 2. The highest BCUT2D eigenvalue weighted by Crippen LogP contribution is 2.28. The number of amides is 2. The van der Waals surface area contributed by atoms with Crippen molar-refractivity contribution in [3.8, 4) is 0 Å². The van der Waals surface area contributed by atoms with E-state index in [2.05, 4.69) is 10.00 Å². The molecule has 2 amide bonds. The van der Waals surface area contributed by atoms with Gasteiger partial charge in [-0.1, -0.05) is 18.2 Å². The molecule has 3 heterocycles. The predicted octanol–water partition coefficient (Wildman–Crippen LogP) is 0.930. The van der Waals surface area contributed by atoms with Crippen molar-refractivity contribution in [3.63, 3.8) is 0 Å². The second-order valence-corrected chi connectivity index (χ2v) is 7.16. The second-order valence-electron chi connectivity index (χ2n) is 7.16. The van der Waals surface area contributed by atoms with Gasteiger partial charge in [0.05, 0.1) is 0 Å². The summed E-state index contributed by atoms with van der Waals surface area (Å²) in [7, 11) is 1.86. The summed E-state index contributed by atoms with van der Waals surface area (Å²) >= 11 is 0. The molecule has 1 aromatic heterocycles. The van der Waals surface area contributed by atoms with Crippen molar-refractivity contribution in [2.24, 2.45) is 18.7 Å². The van der Waals surface area contributed by atoms with Gasteiger partial charge >= 0.3 is 0 Å². The molecule has 0 aliphatic carbocycles. The van der Waals surface area contributed by atoms with E-state index < -0.39 is 5.91 Å². The Balaban J connectivity index is 1.45. The van der Waals surface area contributed by atoms with Gasteiger partial charge in [0.15, 0.2) is 5.69 Å². The number of primary amides is 1. The van der Waals surface area contributed by atoms with Gasteiger partial charge in [-0.3, -0.25) is 19.2 Å². The van der Waals surface area contributed by atoms with E-state index in [0.717, 1.165) is 43.0 Å². The fourth-order valence-corrected chi connectivity index (χ4v) is 4.13. The van der Waals surface area contributed by atoms with Crippen molar-refractivity contribution < 1.29 is 9.59 Å². The van der Waals surface area contributed by atoms with Crippen LogP contribution in [0.1, 0.15) is 28.2 Å². The second kappa shape index (κ2) is 6.57. The molecule has 0 bridgehead atoms. The Kier molecular flexibility index (Phi) is 4.24. The van der Waals surface area contributed by atoms with Crippen LogP contribution >= 0.6 is 0 Å². The number of nitrogens with two attached hydrogens (primary N) is 1. The Morgan fingerprint density at radius 2 is 2.08 bits per heavy atom. The molecule has 4 rings (SSSR count). The van der Waals surface area contributed by atoms with Gasteiger partial charge in [-0.15, -0.1) is 0 Å². The van der Waals surface area contributed by atoms with E-state index in [0.29, 0.717) is 18.7 Å². The number of rotatable bonds is 4. The molecule has 2 aromatic rings. The molecule has 1 fully saturated rings. The van der Waals surface area contributed by atoms with Crippen LogP contribution in [0.2, 0.25) is 0 Å². The predicted molar refractivity (Wildman–Crippen MR) is 97.6 cm³/mol. The van der Waals surface area contributed by atoms with Crippen LogP contribution in [0.4, 0.5) is 5.69 Å². The average Bonchev–Trinajstić information content (AvgIpc) is 3.16. The van der Waals surface area contributed by atoms with Gasteiger partial charge in [0, 0.05) is 63.0 Å². The van der Waals surface area contributed by atoms with Crippen molar-refractivity contribution in [2.75, 3.05) is 24.5 Å². The molecule has 7 heteroatoms. The van der Waals surface area contributed by atoms with Gasteiger partial charge in [-0.25, -0.2) is 0 Å². The van der Waals surface area contributed by atoms with Crippen molar-refractivity contribution in [1.82, 2.24) is 14.7 Å². The quantitative estimate of drug-likeness (QED) is 0.886. The standard InChI is InChI=1S/C19H23N5O2/c1-22-16-7-8-23(12-15(16)18(21-22)19(20)26)10-13-9-17(25)24(11-13)14-5-3-2-4-6-14/h2-6,13H,7-12H2,1H3,(H2,20,26)/t13-/m1/s1. The molecule has 1 atom stereocenters. The largest absolute Gasteiger partial charge is 0.364 e. The summed E-state index contributed by atoms with van der Waals surface area (Å²) in [5.41, 5.74) is 8.84. The first-order valence-corrected chi connectivity index (χ1v) is 8.95. The van der Waals surface area contributed by atoms with E-state index in [-0.39, 0.29) is 11.8 Å². The Morgan fingerprint density at radius 1 is 1.31 bits per heavy atom. The van der Waals surface area contributed by atoms with Gasteiger partial charge in [-0.2, -0.15) is 5.10 Å². The minimum atomic E-state index is -0.477. The van der Waals surface area contributed by atoms with Crippen LogP contribution in [-0.2, 0) is 24.8 Å². The number of para-hydroxylation sites is 1. The lowest BCUT2D eigenvalue weighted by Crippen LogP contribution is -2.36. The van der Waals surface area contributed by atoms with Crippen LogP contribution in [0, 0.1) is 5.92 Å². The Morgan fingerprint density at radius 3 is 2.81 bits per heavy atom. The molecule has 1 aromatic carbocycles. The normalized spacial score (nSPS) is 20.4. The zero-order chi connectivity index (χ0) is 18.3. The van der Waals surface area contributed by atoms with Crippen molar-refractivity contribution in [1.29, 1.82) is 0 Å². The van der Waals surface area contributed by atoms with Crippen molar-refractivity contribution in [3.05, 3.63) is 47.3 Å². The third kappa shape index (κ3) is 2.99. The number of nitrogens with zero attached hydrogens (tertiary/aromatic N) is 4. The molecule has 2 aliphatic rings. The molecule has 1 saturated heterocycles. The highest BCUT2D eigenvalue weighted by Gasteiger charge is 2.33. The van der Waals surface area contributed by atoms with E-state index in [9.17, 15) is 9.59 Å². The molecule has 0 radical (unpaired) electrons. The summed E-state index contributed by atoms with van der Waals surface area (Å²) in [4.78, 5) is 28.2. The first kappa shape index (κ1) is 16.8. The van der Waals surface area contributed by atoms with E-state index in [4.69, 9.17) is 5.73 Å². The number of fused-ring (bicyclic) bond motifs is 1. The number of aryl methyl sites for hydroxylation is 1. The van der Waals surface area contributed by atoms with Crippen LogP contribution < -0.4 is 10.6 Å². The maximum Gasteiger partial charge on any atom is 0.269 e. The van der Waals surface area contributed by atoms with E-state index in [1.54, 1.807) is 4.68 Å². The monoisotopic (exact) mass is 353 g/mol. The van der Waals surface area contributed by atoms with Gasteiger partial charge in [-0.05, 0) is 18.1 Å². The Hall–Kier alpha value is -2.67. The fraction of sp³-hybridized carbons (Fsp3) is 0.421. The van der Waals surface area contributed by atoms with Crippen LogP contribution in [0.5, 0.6) is 0 Å². The molecular formula is C19H23N5O2. The number of benzene rings is 1. The Bertz CT molecular complexity index is 845. The maximum atomic E-state index is 12.4. The van der Waals surface area contributed by atoms with Crippen LogP contribution in [0.15, 0.2) is 30.3 Å². The number of carbonyl (C=O) groups is 2. The van der Waals surface area contributed by atoms with Crippen molar-refractivity contribution >= 4 is 17.5 Å². The lowest BCUT2D eigenvalue weighted by molar-refractivity contribution is -0.117. The topological polar surface area (TPSA) is 84.5 Å². The molecule has 0 saturated carbocycles. The number of anilines is 1. The van der Waals surface area contributed by atoms with Crippen molar-refractivity contribution in [2.45, 2.75) is 19.4 Å². The maximum absolute atomic E-state index is 12.4. The van der Waals surface area contributed by atoms with Gasteiger partial charge in [0.1, 0.15) is 0 Å². The highest BCUT2D eigenvalue weighted by molar-refractivity contribution is 5.95. The third-order valence-electron chi connectivity index (χ3n) is 5.34. The molecule has 2 aliphatic heterocycles. The number of carbonyl (C=O) groups excluding carboxylic acids is 2. The van der Waals surface area contributed by atoms with Crippen LogP contribution in [0.3, 0.4) is 0 Å². The highest BCUT2D eigenvalue weighted by atomic mass is 16.2. The zero-order valence-electron chi connectivity index (χ0n) is 14.9. The third-order valence-corrected chi connectivity index (χ3v) is 5.34. The first-order valence-electron chi connectivity index (χ1n) is 8.95. The van der Waals surface area contributed by atoms with E-state index in [1.807, 2.05) is 42.3 Å². The summed E-state index contributed by atoms with van der Waals surface area (Å²) in [6.45, 7) is 3.14. The summed E-state index contributed by atoms with van der Waals surface area (Å²) in [6, 6.07) is 9.81. The lowest BCUT2D eigenvalue weighted by atomic mass is 10.0. The molecule has 7 nitrogen and oxygen atoms in total. The lowest BCUT2D eigenvalue weighted by Gasteiger charge is -2.29. The summed E-state index contributed by atoms with van der Waals surface area (Å²) in [6.07, 6.45) is 1.41. The van der Waals surface area contributed by atoms with Gasteiger partial charge in [0.2, 0.25) is 5.91 Å². The minimum absolute atomic E-state index is 0.179. The molecule has 26 heavy (non-hydrogen) atoms. The average molecular weight is 353 g/mol. The van der Waals surface area contributed by atoms with Gasteiger partial charge < -0.3 is 10.6 Å². The zero-order valence-corrected chi connectivity index (χ0v) is 14.9. The molecule has 136 valence electrons. The molecule has 0 unspecified atom stereocenters. The smallest absolute Gasteiger partial charge is 0.269 e. The first-order chi connectivity index (χ1) is 12.5. The minimum Gasteiger partial charge on any atom is -0.364 e. The summed E-state index contributed by atoms with van der Waals surface area (Å²) < 4.78 is 1.77. The van der Waals surface area contributed by atoms with Gasteiger partial charge in [0.25, 0.3) is 5.91 Å². The SMILES string of the molecule is Cn1nc(C(N)=O)c2c1CCN(C[C@H]1CC(=O)N(c3ccccc3)C1)C2. The fourth-order valence-electron chi connectivity index (χ4n) is 4.13. The van der Waals surface area contributed by atoms with E-state index in [1.165, 1.54) is 0 Å². The molecule has 2 N–H and O–H groups in total.